The molecule has 0 unspecified atom stereocenters. The highest BCUT2D eigenvalue weighted by Gasteiger charge is 2.19. The summed E-state index contributed by atoms with van der Waals surface area (Å²) in [5.74, 6) is 0.679. The molecular formula is C19H20ClFN4. The molecule has 130 valence electrons. The molecule has 25 heavy (non-hydrogen) atoms. The first kappa shape index (κ1) is 16.4. The normalized spacial score (nSPS) is 16.3. The van der Waals surface area contributed by atoms with Gasteiger partial charge in [0.2, 0.25) is 5.95 Å². The van der Waals surface area contributed by atoms with Gasteiger partial charge in [0, 0.05) is 43.3 Å². The van der Waals surface area contributed by atoms with E-state index < -0.39 is 0 Å². The zero-order valence-corrected chi connectivity index (χ0v) is 14.6. The molecule has 0 atom stereocenters. The third-order valence-electron chi connectivity index (χ3n) is 4.71. The molecule has 0 saturated carbocycles. The summed E-state index contributed by atoms with van der Waals surface area (Å²) in [7, 11) is 0. The molecule has 0 amide bonds. The average molecular weight is 359 g/mol. The predicted octanol–water partition coefficient (Wildman–Crippen LogP) is 4.07. The van der Waals surface area contributed by atoms with E-state index in [0.29, 0.717) is 17.1 Å². The molecule has 1 aliphatic heterocycles. The maximum Gasteiger partial charge on any atom is 0.203 e. The number of halogens is 2. The lowest BCUT2D eigenvalue weighted by Gasteiger charge is -2.22. The topological polar surface area (TPSA) is 35.2 Å². The summed E-state index contributed by atoms with van der Waals surface area (Å²) in [6, 6.07) is 12.9. The monoisotopic (exact) mass is 358 g/mol. The summed E-state index contributed by atoms with van der Waals surface area (Å²) in [6.07, 6.45) is 1.00. The number of nitrogens with one attached hydrogen (secondary N) is 1. The van der Waals surface area contributed by atoms with Crippen LogP contribution in [0.4, 0.5) is 10.3 Å². The Morgan fingerprint density at radius 2 is 1.92 bits per heavy atom. The molecule has 1 saturated heterocycles. The first-order valence-electron chi connectivity index (χ1n) is 8.55. The van der Waals surface area contributed by atoms with Gasteiger partial charge in [-0.15, -0.1) is 0 Å². The predicted molar refractivity (Wildman–Crippen MR) is 99.6 cm³/mol. The van der Waals surface area contributed by atoms with Crippen LogP contribution in [0.15, 0.2) is 42.5 Å². The van der Waals surface area contributed by atoms with Crippen molar-refractivity contribution in [2.24, 2.45) is 0 Å². The summed E-state index contributed by atoms with van der Waals surface area (Å²) < 4.78 is 14.0. The van der Waals surface area contributed by atoms with Gasteiger partial charge in [0.25, 0.3) is 0 Å². The first-order valence-corrected chi connectivity index (χ1v) is 8.93. The van der Waals surface area contributed by atoms with Crippen LogP contribution in [0.2, 0.25) is 5.02 Å². The van der Waals surface area contributed by atoms with Crippen molar-refractivity contribution in [3.05, 3.63) is 58.9 Å². The minimum atomic E-state index is -0.231. The van der Waals surface area contributed by atoms with Gasteiger partial charge in [-0.05, 0) is 30.7 Å². The summed E-state index contributed by atoms with van der Waals surface area (Å²) in [6.45, 7) is 4.09. The highest BCUT2D eigenvalue weighted by atomic mass is 35.5. The SMILES string of the molecule is Fc1cccc(Cl)c1CN1CCCN(c2nc3ccccc3[nH]2)CC1. The third-order valence-corrected chi connectivity index (χ3v) is 5.06. The summed E-state index contributed by atoms with van der Waals surface area (Å²) >= 11 is 6.17. The van der Waals surface area contributed by atoms with Gasteiger partial charge in [0.05, 0.1) is 11.0 Å². The standard InChI is InChI=1S/C19H20ClFN4/c20-15-5-3-6-16(21)14(15)13-24-9-4-10-25(12-11-24)19-22-17-7-1-2-8-18(17)23-19/h1-3,5-8H,4,9-13H2,(H,22,23). The summed E-state index contributed by atoms with van der Waals surface area (Å²) in [4.78, 5) is 12.6. The second-order valence-electron chi connectivity index (χ2n) is 6.39. The van der Waals surface area contributed by atoms with Crippen molar-refractivity contribution >= 4 is 28.6 Å². The number of fused-ring (bicyclic) bond motifs is 1. The van der Waals surface area contributed by atoms with Crippen LogP contribution in [0, 0.1) is 5.82 Å². The third kappa shape index (κ3) is 3.48. The van der Waals surface area contributed by atoms with Gasteiger partial charge >= 0.3 is 0 Å². The van der Waals surface area contributed by atoms with Crippen LogP contribution >= 0.6 is 11.6 Å². The smallest absolute Gasteiger partial charge is 0.203 e. The molecule has 4 nitrogen and oxygen atoms in total. The number of nitrogens with zero attached hydrogens (tertiary/aromatic N) is 3. The Hall–Kier alpha value is -2.11. The number of hydrogen-bond acceptors (Lipinski definition) is 3. The molecule has 0 aliphatic carbocycles. The highest BCUT2D eigenvalue weighted by Crippen LogP contribution is 2.23. The van der Waals surface area contributed by atoms with Gasteiger partial charge in [0.1, 0.15) is 5.82 Å². The average Bonchev–Trinajstić information content (AvgIpc) is 2.90. The summed E-state index contributed by atoms with van der Waals surface area (Å²) in [5, 5.41) is 0.499. The molecular weight excluding hydrogens is 339 g/mol. The highest BCUT2D eigenvalue weighted by molar-refractivity contribution is 6.31. The fourth-order valence-corrected chi connectivity index (χ4v) is 3.56. The lowest BCUT2D eigenvalue weighted by Crippen LogP contribution is -2.31. The van der Waals surface area contributed by atoms with Crippen LogP contribution in [-0.2, 0) is 6.54 Å². The first-order chi connectivity index (χ1) is 12.2. The van der Waals surface area contributed by atoms with E-state index in [0.717, 1.165) is 49.6 Å². The maximum atomic E-state index is 14.0. The van der Waals surface area contributed by atoms with Gasteiger partial charge in [-0.2, -0.15) is 0 Å². The largest absolute Gasteiger partial charge is 0.341 e. The second-order valence-corrected chi connectivity index (χ2v) is 6.80. The van der Waals surface area contributed by atoms with Crippen LogP contribution in [0.1, 0.15) is 12.0 Å². The van der Waals surface area contributed by atoms with Gasteiger partial charge < -0.3 is 9.88 Å². The van der Waals surface area contributed by atoms with E-state index in [1.807, 2.05) is 24.3 Å². The van der Waals surface area contributed by atoms with E-state index in [2.05, 4.69) is 19.8 Å². The summed E-state index contributed by atoms with van der Waals surface area (Å²) in [5.41, 5.74) is 2.62. The molecule has 4 rings (SSSR count). The number of hydrogen-bond donors (Lipinski definition) is 1. The van der Waals surface area contributed by atoms with Crippen molar-refractivity contribution in [1.82, 2.24) is 14.9 Å². The Balaban J connectivity index is 1.46. The van der Waals surface area contributed by atoms with Gasteiger partial charge in [0.15, 0.2) is 0 Å². The van der Waals surface area contributed by atoms with E-state index in [1.54, 1.807) is 12.1 Å². The lowest BCUT2D eigenvalue weighted by atomic mass is 10.2. The number of aromatic nitrogens is 2. The van der Waals surface area contributed by atoms with Gasteiger partial charge in [-0.3, -0.25) is 4.90 Å². The molecule has 6 heteroatoms. The van der Waals surface area contributed by atoms with Crippen molar-refractivity contribution in [2.45, 2.75) is 13.0 Å². The van der Waals surface area contributed by atoms with Gasteiger partial charge in [-0.1, -0.05) is 29.8 Å². The van der Waals surface area contributed by atoms with Crippen molar-refractivity contribution < 1.29 is 4.39 Å². The molecule has 0 spiro atoms. The van der Waals surface area contributed by atoms with E-state index in [-0.39, 0.29) is 5.82 Å². The number of imidazole rings is 1. The van der Waals surface area contributed by atoms with E-state index in [4.69, 9.17) is 11.6 Å². The van der Waals surface area contributed by atoms with Crippen molar-refractivity contribution in [1.29, 1.82) is 0 Å². The minimum Gasteiger partial charge on any atom is -0.341 e. The molecule has 1 fully saturated rings. The van der Waals surface area contributed by atoms with E-state index >= 15 is 0 Å². The van der Waals surface area contributed by atoms with Crippen LogP contribution in [0.3, 0.4) is 0 Å². The number of benzene rings is 2. The molecule has 0 radical (unpaired) electrons. The van der Waals surface area contributed by atoms with Crippen LogP contribution in [0.5, 0.6) is 0 Å². The van der Waals surface area contributed by atoms with Crippen molar-refractivity contribution in [3.8, 4) is 0 Å². The number of H-pyrrole nitrogens is 1. The molecule has 0 bridgehead atoms. The zero-order valence-electron chi connectivity index (χ0n) is 13.9. The Morgan fingerprint density at radius 1 is 1.04 bits per heavy atom. The van der Waals surface area contributed by atoms with Gasteiger partial charge in [-0.25, -0.2) is 9.37 Å². The quantitative estimate of drug-likeness (QED) is 0.766. The molecule has 2 heterocycles. The van der Waals surface area contributed by atoms with Crippen molar-refractivity contribution in [3.63, 3.8) is 0 Å². The van der Waals surface area contributed by atoms with E-state index in [9.17, 15) is 4.39 Å². The Morgan fingerprint density at radius 3 is 2.76 bits per heavy atom. The number of para-hydroxylation sites is 2. The maximum absolute atomic E-state index is 14.0. The Kier molecular flexibility index (Phi) is 4.59. The molecule has 2 aromatic carbocycles. The van der Waals surface area contributed by atoms with Crippen LogP contribution in [-0.4, -0.2) is 41.0 Å². The minimum absolute atomic E-state index is 0.231. The molecule has 3 aromatic rings. The lowest BCUT2D eigenvalue weighted by molar-refractivity contribution is 0.281. The zero-order chi connectivity index (χ0) is 17.2. The second kappa shape index (κ2) is 7.02. The molecule has 1 aromatic heterocycles. The number of rotatable bonds is 3. The molecule has 1 aliphatic rings. The van der Waals surface area contributed by atoms with Crippen LogP contribution in [0.25, 0.3) is 11.0 Å². The fourth-order valence-electron chi connectivity index (χ4n) is 3.34. The fraction of sp³-hybridized carbons (Fsp3) is 0.316. The number of anilines is 1. The number of aromatic amines is 1. The Bertz CT molecular complexity index is 825. The van der Waals surface area contributed by atoms with Crippen molar-refractivity contribution in [2.75, 3.05) is 31.1 Å². The van der Waals surface area contributed by atoms with Crippen LogP contribution < -0.4 is 4.90 Å². The Labute approximate surface area is 151 Å². The molecule has 1 N–H and O–H groups in total. The van der Waals surface area contributed by atoms with E-state index in [1.165, 1.54) is 6.07 Å².